The number of benzene rings is 2. The number of nitrogens with one attached hydrogen (secondary N) is 1. The van der Waals surface area contributed by atoms with E-state index in [2.05, 4.69) is 26.1 Å². The molecule has 0 aliphatic carbocycles. The lowest BCUT2D eigenvalue weighted by Gasteiger charge is -2.18. The Kier molecular flexibility index (Phi) is 6.13. The SMILES string of the molecule is CCc1ccc(NC(=O)C(C#N)=C2C(=O)N(CCC(C)C)c3ccccc32)cc1. The number of anilines is 2. The third-order valence-electron chi connectivity index (χ3n) is 5.06. The first-order chi connectivity index (χ1) is 14.0. The normalized spacial score (nSPS) is 14.6. The Bertz CT molecular complexity index is 998. The van der Waals surface area contributed by atoms with Crippen LogP contribution in [-0.4, -0.2) is 18.4 Å². The van der Waals surface area contributed by atoms with Gasteiger partial charge in [0.15, 0.2) is 0 Å². The second kappa shape index (κ2) is 8.74. The lowest BCUT2D eigenvalue weighted by atomic mass is 10.0. The standard InChI is InChI=1S/C24H25N3O2/c1-4-17-9-11-18(12-10-17)26-23(28)20(15-25)22-19-7-5-6-8-21(19)27(24(22)29)14-13-16(2)3/h5-12,16H,4,13-14H2,1-3H3,(H,26,28). The first-order valence-electron chi connectivity index (χ1n) is 9.92. The first-order valence-corrected chi connectivity index (χ1v) is 9.92. The molecule has 0 bridgehead atoms. The number of hydrogen-bond acceptors (Lipinski definition) is 3. The van der Waals surface area contributed by atoms with Gasteiger partial charge in [0.05, 0.1) is 11.3 Å². The average molecular weight is 387 g/mol. The molecule has 1 aliphatic heterocycles. The Morgan fingerprint density at radius 1 is 1.14 bits per heavy atom. The molecule has 0 atom stereocenters. The molecular weight excluding hydrogens is 362 g/mol. The molecule has 0 unspecified atom stereocenters. The fourth-order valence-corrected chi connectivity index (χ4v) is 3.37. The summed E-state index contributed by atoms with van der Waals surface area (Å²) in [7, 11) is 0. The molecule has 0 aromatic heterocycles. The Labute approximate surface area is 171 Å². The molecular formula is C24H25N3O2. The minimum atomic E-state index is -0.569. The zero-order chi connectivity index (χ0) is 21.0. The Morgan fingerprint density at radius 2 is 1.83 bits per heavy atom. The van der Waals surface area contributed by atoms with Crippen LogP contribution in [0.2, 0.25) is 0 Å². The quantitative estimate of drug-likeness (QED) is 0.583. The molecule has 2 aromatic carbocycles. The van der Waals surface area contributed by atoms with Crippen LogP contribution in [-0.2, 0) is 16.0 Å². The van der Waals surface area contributed by atoms with Crippen molar-refractivity contribution >= 4 is 28.8 Å². The van der Waals surface area contributed by atoms with Crippen LogP contribution >= 0.6 is 0 Å². The van der Waals surface area contributed by atoms with Crippen LogP contribution in [0.4, 0.5) is 11.4 Å². The van der Waals surface area contributed by atoms with Crippen molar-refractivity contribution in [3.05, 3.63) is 65.2 Å². The molecule has 0 saturated heterocycles. The largest absolute Gasteiger partial charge is 0.321 e. The van der Waals surface area contributed by atoms with E-state index in [4.69, 9.17) is 0 Å². The van der Waals surface area contributed by atoms with Gasteiger partial charge in [-0.15, -0.1) is 0 Å². The second-order valence-electron chi connectivity index (χ2n) is 7.52. The summed E-state index contributed by atoms with van der Waals surface area (Å²) in [4.78, 5) is 27.7. The summed E-state index contributed by atoms with van der Waals surface area (Å²) in [6, 6.07) is 16.7. The van der Waals surface area contributed by atoms with Crippen molar-refractivity contribution in [1.82, 2.24) is 0 Å². The summed E-state index contributed by atoms with van der Waals surface area (Å²) < 4.78 is 0. The van der Waals surface area contributed by atoms with E-state index in [1.54, 1.807) is 23.1 Å². The predicted molar refractivity (Wildman–Crippen MR) is 115 cm³/mol. The molecule has 1 heterocycles. The molecule has 5 heteroatoms. The van der Waals surface area contributed by atoms with Gasteiger partial charge in [-0.1, -0.05) is 51.1 Å². The van der Waals surface area contributed by atoms with E-state index in [1.807, 2.05) is 36.4 Å². The highest BCUT2D eigenvalue weighted by Gasteiger charge is 2.36. The lowest BCUT2D eigenvalue weighted by molar-refractivity contribution is -0.114. The van der Waals surface area contributed by atoms with Crippen LogP contribution in [0.25, 0.3) is 5.57 Å². The van der Waals surface area contributed by atoms with Gasteiger partial charge in [0.2, 0.25) is 0 Å². The number of amides is 2. The van der Waals surface area contributed by atoms with Gasteiger partial charge in [0, 0.05) is 17.8 Å². The van der Waals surface area contributed by atoms with E-state index in [-0.39, 0.29) is 17.1 Å². The van der Waals surface area contributed by atoms with Gasteiger partial charge in [-0.3, -0.25) is 9.59 Å². The smallest absolute Gasteiger partial charge is 0.267 e. The highest BCUT2D eigenvalue weighted by Crippen LogP contribution is 2.38. The van der Waals surface area contributed by atoms with Gasteiger partial charge in [0.25, 0.3) is 11.8 Å². The van der Waals surface area contributed by atoms with Crippen LogP contribution in [0.3, 0.4) is 0 Å². The fourth-order valence-electron chi connectivity index (χ4n) is 3.37. The maximum atomic E-state index is 13.2. The van der Waals surface area contributed by atoms with Gasteiger partial charge in [0.1, 0.15) is 11.6 Å². The minimum absolute atomic E-state index is 0.158. The van der Waals surface area contributed by atoms with Gasteiger partial charge in [-0.05, 0) is 42.5 Å². The van der Waals surface area contributed by atoms with Gasteiger partial charge >= 0.3 is 0 Å². The van der Waals surface area contributed by atoms with Crippen molar-refractivity contribution in [2.24, 2.45) is 5.92 Å². The molecule has 0 fully saturated rings. The number of fused-ring (bicyclic) bond motifs is 1. The maximum Gasteiger partial charge on any atom is 0.267 e. The summed E-state index contributed by atoms with van der Waals surface area (Å²) in [6.45, 7) is 6.80. The average Bonchev–Trinajstić information content (AvgIpc) is 2.99. The molecule has 2 aromatic rings. The number of nitriles is 1. The molecule has 148 valence electrons. The molecule has 5 nitrogen and oxygen atoms in total. The van der Waals surface area contributed by atoms with Crippen molar-refractivity contribution in [3.63, 3.8) is 0 Å². The van der Waals surface area contributed by atoms with Crippen molar-refractivity contribution in [1.29, 1.82) is 5.26 Å². The number of carbonyl (C=O) groups excluding carboxylic acids is 2. The highest BCUT2D eigenvalue weighted by atomic mass is 16.2. The number of nitrogens with zero attached hydrogens (tertiary/aromatic N) is 2. The second-order valence-corrected chi connectivity index (χ2v) is 7.52. The lowest BCUT2D eigenvalue weighted by Crippen LogP contribution is -2.29. The Balaban J connectivity index is 1.96. The Morgan fingerprint density at radius 3 is 2.45 bits per heavy atom. The molecule has 0 saturated carbocycles. The molecule has 3 rings (SSSR count). The number of carbonyl (C=O) groups is 2. The van der Waals surface area contributed by atoms with Crippen LogP contribution in [0.5, 0.6) is 0 Å². The van der Waals surface area contributed by atoms with E-state index in [1.165, 1.54) is 0 Å². The topological polar surface area (TPSA) is 73.2 Å². The van der Waals surface area contributed by atoms with E-state index in [9.17, 15) is 14.9 Å². The van der Waals surface area contributed by atoms with Crippen LogP contribution in [0.1, 0.15) is 38.3 Å². The monoisotopic (exact) mass is 387 g/mol. The molecule has 0 radical (unpaired) electrons. The van der Waals surface area contributed by atoms with Crippen molar-refractivity contribution in [3.8, 4) is 6.07 Å². The highest BCUT2D eigenvalue weighted by molar-refractivity contribution is 6.37. The van der Waals surface area contributed by atoms with E-state index >= 15 is 0 Å². The molecule has 29 heavy (non-hydrogen) atoms. The van der Waals surface area contributed by atoms with Crippen LogP contribution < -0.4 is 10.2 Å². The van der Waals surface area contributed by atoms with E-state index < -0.39 is 5.91 Å². The third kappa shape index (κ3) is 4.22. The van der Waals surface area contributed by atoms with Crippen molar-refractivity contribution in [2.75, 3.05) is 16.8 Å². The number of aryl methyl sites for hydroxylation is 1. The fraction of sp³-hybridized carbons (Fsp3) is 0.292. The number of rotatable bonds is 6. The molecule has 2 amide bonds. The van der Waals surface area contributed by atoms with Crippen molar-refractivity contribution < 1.29 is 9.59 Å². The van der Waals surface area contributed by atoms with Crippen LogP contribution in [0, 0.1) is 17.2 Å². The maximum absolute atomic E-state index is 13.2. The van der Waals surface area contributed by atoms with E-state index in [0.29, 0.717) is 23.7 Å². The number of para-hydroxylation sites is 1. The molecule has 1 aliphatic rings. The predicted octanol–water partition coefficient (Wildman–Crippen LogP) is 4.56. The number of hydrogen-bond donors (Lipinski definition) is 1. The summed E-state index contributed by atoms with van der Waals surface area (Å²) in [5.74, 6) is -0.423. The minimum Gasteiger partial charge on any atom is -0.321 e. The van der Waals surface area contributed by atoms with Crippen molar-refractivity contribution in [2.45, 2.75) is 33.6 Å². The molecule has 1 N–H and O–H groups in total. The van der Waals surface area contributed by atoms with Gasteiger partial charge in [-0.2, -0.15) is 5.26 Å². The summed E-state index contributed by atoms with van der Waals surface area (Å²) >= 11 is 0. The summed E-state index contributed by atoms with van der Waals surface area (Å²) in [5, 5.41) is 12.5. The summed E-state index contributed by atoms with van der Waals surface area (Å²) in [5.41, 5.74) is 3.15. The molecule has 0 spiro atoms. The zero-order valence-electron chi connectivity index (χ0n) is 17.0. The van der Waals surface area contributed by atoms with E-state index in [0.717, 1.165) is 24.1 Å². The third-order valence-corrected chi connectivity index (χ3v) is 5.06. The van der Waals surface area contributed by atoms with Gasteiger partial charge < -0.3 is 10.2 Å². The zero-order valence-corrected chi connectivity index (χ0v) is 17.0. The van der Waals surface area contributed by atoms with Gasteiger partial charge in [-0.25, -0.2) is 0 Å². The summed E-state index contributed by atoms with van der Waals surface area (Å²) in [6.07, 6.45) is 1.74. The van der Waals surface area contributed by atoms with Crippen LogP contribution in [0.15, 0.2) is 54.1 Å². The first kappa shape index (κ1) is 20.3. The Hall–Kier alpha value is -3.39.